The molecule has 1 aromatic rings. The van der Waals surface area contributed by atoms with Crippen molar-refractivity contribution >= 4 is 5.97 Å². The molecule has 0 aliphatic heterocycles. The third-order valence-electron chi connectivity index (χ3n) is 2.69. The molecule has 0 saturated carbocycles. The van der Waals surface area contributed by atoms with Crippen LogP contribution in [0.2, 0.25) is 0 Å². The predicted molar refractivity (Wildman–Crippen MR) is 68.7 cm³/mol. The maximum absolute atomic E-state index is 10.3. The van der Waals surface area contributed by atoms with Crippen LogP contribution in [0.3, 0.4) is 0 Å². The van der Waals surface area contributed by atoms with Gasteiger partial charge in [0, 0.05) is 6.42 Å². The van der Waals surface area contributed by atoms with Gasteiger partial charge in [-0.25, -0.2) is 0 Å². The van der Waals surface area contributed by atoms with E-state index in [1.165, 1.54) is 0 Å². The molecule has 0 heterocycles. The van der Waals surface area contributed by atoms with Crippen molar-refractivity contribution < 1.29 is 19.7 Å². The number of benzene rings is 1. The molecule has 1 unspecified atom stereocenters. The Bertz CT molecular complexity index is 359. The van der Waals surface area contributed by atoms with E-state index in [0.717, 1.165) is 11.3 Å². The van der Waals surface area contributed by atoms with Crippen molar-refractivity contribution in [1.29, 1.82) is 0 Å². The number of carboxylic acids is 1. The van der Waals surface area contributed by atoms with Gasteiger partial charge in [0.1, 0.15) is 5.75 Å². The Balaban J connectivity index is 2.36. The summed E-state index contributed by atoms with van der Waals surface area (Å²) in [6, 6.07) is 7.35. The molecule has 0 aliphatic rings. The second-order valence-electron chi connectivity index (χ2n) is 4.16. The standard InChI is InChI=1S/C14H20O4/c1-2-18-12-9-7-11(8-10-12)13(15)5-3-4-6-14(16)17/h7-10,13,15H,2-6H2,1H3,(H,16,17). The molecule has 2 N–H and O–H groups in total. The lowest BCUT2D eigenvalue weighted by Crippen LogP contribution is -1.99. The number of aliphatic hydroxyl groups excluding tert-OH is 1. The molecule has 0 fully saturated rings. The van der Waals surface area contributed by atoms with E-state index in [9.17, 15) is 9.90 Å². The second-order valence-corrected chi connectivity index (χ2v) is 4.16. The maximum atomic E-state index is 10.3. The largest absolute Gasteiger partial charge is 0.494 e. The molecule has 4 heteroatoms. The zero-order valence-corrected chi connectivity index (χ0v) is 10.6. The quantitative estimate of drug-likeness (QED) is 0.698. The monoisotopic (exact) mass is 252 g/mol. The molecule has 0 saturated heterocycles. The van der Waals surface area contributed by atoms with Crippen molar-refractivity contribution in [3.8, 4) is 5.75 Å². The van der Waals surface area contributed by atoms with Crippen LogP contribution in [0.15, 0.2) is 24.3 Å². The minimum atomic E-state index is -0.787. The Morgan fingerprint density at radius 3 is 2.50 bits per heavy atom. The highest BCUT2D eigenvalue weighted by molar-refractivity contribution is 5.66. The normalized spacial score (nSPS) is 12.1. The molecule has 18 heavy (non-hydrogen) atoms. The van der Waals surface area contributed by atoms with Crippen molar-refractivity contribution in [1.82, 2.24) is 0 Å². The fraction of sp³-hybridized carbons (Fsp3) is 0.500. The van der Waals surface area contributed by atoms with E-state index in [1.807, 2.05) is 31.2 Å². The summed E-state index contributed by atoms with van der Waals surface area (Å²) in [5, 5.41) is 18.4. The summed E-state index contributed by atoms with van der Waals surface area (Å²) in [4.78, 5) is 10.3. The van der Waals surface area contributed by atoms with Crippen LogP contribution in [-0.2, 0) is 4.79 Å². The van der Waals surface area contributed by atoms with Gasteiger partial charge in [-0.15, -0.1) is 0 Å². The minimum Gasteiger partial charge on any atom is -0.494 e. The molecular weight excluding hydrogens is 232 g/mol. The van der Waals surface area contributed by atoms with Crippen LogP contribution in [0.4, 0.5) is 0 Å². The summed E-state index contributed by atoms with van der Waals surface area (Å²) in [6.07, 6.45) is 1.52. The molecule has 1 rings (SSSR count). The van der Waals surface area contributed by atoms with Crippen LogP contribution >= 0.6 is 0 Å². The van der Waals surface area contributed by atoms with Gasteiger partial charge >= 0.3 is 5.97 Å². The van der Waals surface area contributed by atoms with Gasteiger partial charge in [0.15, 0.2) is 0 Å². The van der Waals surface area contributed by atoms with E-state index in [0.29, 0.717) is 25.9 Å². The third-order valence-corrected chi connectivity index (χ3v) is 2.69. The lowest BCUT2D eigenvalue weighted by Gasteiger charge is -2.11. The maximum Gasteiger partial charge on any atom is 0.303 e. The van der Waals surface area contributed by atoms with Crippen LogP contribution in [0, 0.1) is 0 Å². The first-order chi connectivity index (χ1) is 8.63. The number of carboxylic acid groups (broad SMARTS) is 1. The Kier molecular flexibility index (Phi) is 6.22. The number of hydrogen-bond acceptors (Lipinski definition) is 3. The number of ether oxygens (including phenoxy) is 1. The van der Waals surface area contributed by atoms with E-state index in [-0.39, 0.29) is 6.42 Å². The van der Waals surface area contributed by atoms with E-state index >= 15 is 0 Å². The molecule has 0 bridgehead atoms. The highest BCUT2D eigenvalue weighted by atomic mass is 16.5. The van der Waals surface area contributed by atoms with Crippen LogP contribution in [0.5, 0.6) is 5.75 Å². The number of carbonyl (C=O) groups is 1. The van der Waals surface area contributed by atoms with Gasteiger partial charge in [-0.3, -0.25) is 4.79 Å². The molecule has 100 valence electrons. The predicted octanol–water partition coefficient (Wildman–Crippen LogP) is 2.76. The van der Waals surface area contributed by atoms with Crippen molar-refractivity contribution in [2.45, 2.75) is 38.7 Å². The number of aliphatic carboxylic acids is 1. The lowest BCUT2D eigenvalue weighted by atomic mass is 10.0. The van der Waals surface area contributed by atoms with Crippen molar-refractivity contribution in [2.75, 3.05) is 6.61 Å². The molecule has 0 amide bonds. The minimum absolute atomic E-state index is 0.163. The summed E-state index contributed by atoms with van der Waals surface area (Å²) in [6.45, 7) is 2.54. The molecule has 0 spiro atoms. The summed E-state index contributed by atoms with van der Waals surface area (Å²) >= 11 is 0. The second kappa shape index (κ2) is 7.71. The first-order valence-electron chi connectivity index (χ1n) is 6.26. The van der Waals surface area contributed by atoms with Crippen molar-refractivity contribution in [3.05, 3.63) is 29.8 Å². The Labute approximate surface area is 107 Å². The highest BCUT2D eigenvalue weighted by Crippen LogP contribution is 2.22. The Morgan fingerprint density at radius 2 is 1.94 bits per heavy atom. The topological polar surface area (TPSA) is 66.8 Å². The number of unbranched alkanes of at least 4 members (excludes halogenated alkanes) is 1. The first kappa shape index (κ1) is 14.5. The van der Waals surface area contributed by atoms with Crippen LogP contribution in [-0.4, -0.2) is 22.8 Å². The third kappa shape index (κ3) is 5.19. The van der Waals surface area contributed by atoms with Gasteiger partial charge < -0.3 is 14.9 Å². The number of rotatable bonds is 8. The van der Waals surface area contributed by atoms with Gasteiger partial charge in [-0.1, -0.05) is 12.1 Å². The molecular formula is C14H20O4. The SMILES string of the molecule is CCOc1ccc(C(O)CCCCC(=O)O)cc1. The molecule has 4 nitrogen and oxygen atoms in total. The average Bonchev–Trinajstić information content (AvgIpc) is 2.35. The van der Waals surface area contributed by atoms with Crippen molar-refractivity contribution in [2.24, 2.45) is 0 Å². The van der Waals surface area contributed by atoms with Crippen LogP contribution < -0.4 is 4.74 Å². The van der Waals surface area contributed by atoms with E-state index in [1.54, 1.807) is 0 Å². The summed E-state index contributed by atoms with van der Waals surface area (Å²) in [7, 11) is 0. The van der Waals surface area contributed by atoms with Gasteiger partial charge in [-0.05, 0) is 43.9 Å². The molecule has 1 aromatic carbocycles. The zero-order valence-electron chi connectivity index (χ0n) is 10.6. The van der Waals surface area contributed by atoms with Crippen LogP contribution in [0.25, 0.3) is 0 Å². The van der Waals surface area contributed by atoms with E-state index < -0.39 is 12.1 Å². The summed E-state index contributed by atoms with van der Waals surface area (Å²) in [5.74, 6) is 0.00452. The van der Waals surface area contributed by atoms with E-state index in [4.69, 9.17) is 9.84 Å². The number of hydrogen-bond donors (Lipinski definition) is 2. The first-order valence-corrected chi connectivity index (χ1v) is 6.26. The van der Waals surface area contributed by atoms with E-state index in [2.05, 4.69) is 0 Å². The molecule has 0 aromatic heterocycles. The summed E-state index contributed by atoms with van der Waals surface area (Å²) in [5.41, 5.74) is 0.841. The lowest BCUT2D eigenvalue weighted by molar-refractivity contribution is -0.137. The Hall–Kier alpha value is -1.55. The molecule has 0 radical (unpaired) electrons. The van der Waals surface area contributed by atoms with Crippen molar-refractivity contribution in [3.63, 3.8) is 0 Å². The molecule has 1 atom stereocenters. The Morgan fingerprint density at radius 1 is 1.28 bits per heavy atom. The fourth-order valence-corrected chi connectivity index (χ4v) is 1.73. The average molecular weight is 252 g/mol. The van der Waals surface area contributed by atoms with Gasteiger partial charge in [0.2, 0.25) is 0 Å². The fourth-order valence-electron chi connectivity index (χ4n) is 1.73. The smallest absolute Gasteiger partial charge is 0.303 e. The van der Waals surface area contributed by atoms with Gasteiger partial charge in [-0.2, -0.15) is 0 Å². The summed E-state index contributed by atoms with van der Waals surface area (Å²) < 4.78 is 5.32. The van der Waals surface area contributed by atoms with Gasteiger partial charge in [0.05, 0.1) is 12.7 Å². The van der Waals surface area contributed by atoms with Gasteiger partial charge in [0.25, 0.3) is 0 Å². The highest BCUT2D eigenvalue weighted by Gasteiger charge is 2.07. The number of aliphatic hydroxyl groups is 1. The molecule has 0 aliphatic carbocycles. The zero-order chi connectivity index (χ0) is 13.4. The van der Waals surface area contributed by atoms with Crippen LogP contribution in [0.1, 0.15) is 44.3 Å².